The summed E-state index contributed by atoms with van der Waals surface area (Å²) in [5, 5.41) is 52.3. The highest BCUT2D eigenvalue weighted by molar-refractivity contribution is 5.84. The van der Waals surface area contributed by atoms with Gasteiger partial charge in [0.15, 0.2) is 0 Å². The number of carbonyl (C=O) groups excluding carboxylic acids is 10. The molecule has 0 fully saturated rings. The lowest BCUT2D eigenvalue weighted by Crippen LogP contribution is -2.44. The van der Waals surface area contributed by atoms with Crippen LogP contribution in [0.25, 0.3) is 0 Å². The number of nitrogens with one attached hydrogen (secondary N) is 10. The van der Waals surface area contributed by atoms with Gasteiger partial charge in [-0.1, -0.05) is 41.5 Å². The van der Waals surface area contributed by atoms with E-state index in [1.54, 1.807) is 6.92 Å². The topological polar surface area (TPSA) is 456 Å². The first kappa shape index (κ1) is 108. The van der Waals surface area contributed by atoms with E-state index in [2.05, 4.69) is 53.2 Å². The molecular weight excluding hydrogens is 1150 g/mol. The zero-order valence-corrected chi connectivity index (χ0v) is 61.4. The molecule has 27 nitrogen and oxygen atoms in total. The minimum atomic E-state index is -1.26. The number of hydrogen-bond acceptors (Lipinski definition) is 17. The molecule has 0 radical (unpaired) electrons. The van der Waals surface area contributed by atoms with Crippen molar-refractivity contribution in [3.63, 3.8) is 0 Å². The molecule has 0 aromatic carbocycles. The summed E-state index contributed by atoms with van der Waals surface area (Å²) >= 11 is 0. The molecule has 0 rings (SSSR count). The second kappa shape index (κ2) is 71.5. The van der Waals surface area contributed by atoms with E-state index in [1.807, 2.05) is 180 Å². The fourth-order valence-electron chi connectivity index (χ4n) is 4.33. The minimum absolute atomic E-state index is 0.0347. The van der Waals surface area contributed by atoms with Crippen LogP contribution >= 0.6 is 0 Å². The third-order valence-corrected chi connectivity index (χ3v) is 7.65. The zero-order chi connectivity index (χ0) is 73.5. The van der Waals surface area contributed by atoms with Crippen LogP contribution in [0.2, 0.25) is 0 Å². The van der Waals surface area contributed by atoms with Crippen molar-refractivity contribution in [1.29, 1.82) is 0 Å². The summed E-state index contributed by atoms with van der Waals surface area (Å²) in [6.07, 6.45) is 1.80. The van der Waals surface area contributed by atoms with Crippen LogP contribution in [0.3, 0.4) is 0 Å². The number of nitrogens with two attached hydrogens (primary N) is 4. The van der Waals surface area contributed by atoms with Crippen LogP contribution in [0, 0.1) is 5.92 Å². The molecule has 0 bridgehead atoms. The zero-order valence-electron chi connectivity index (χ0n) is 61.4. The average molecular weight is 1290 g/mol. The summed E-state index contributed by atoms with van der Waals surface area (Å²) in [5.41, 5.74) is 19.3. The smallest absolute Gasteiger partial charge is 0.251 e. The molecule has 0 aliphatic carbocycles. The van der Waals surface area contributed by atoms with Crippen molar-refractivity contribution < 1.29 is 63.3 Å². The Morgan fingerprint density at radius 2 is 0.640 bits per heavy atom. The maximum atomic E-state index is 10.9. The Morgan fingerprint density at radius 1 is 0.382 bits per heavy atom. The van der Waals surface area contributed by atoms with Crippen LogP contribution in [-0.4, -0.2) is 179 Å². The van der Waals surface area contributed by atoms with Crippen molar-refractivity contribution in [1.82, 2.24) is 53.2 Å². The molecule has 27 heteroatoms. The molecule has 0 aliphatic heterocycles. The molecule has 1 atom stereocenters. The molecule has 0 saturated carbocycles. The van der Waals surface area contributed by atoms with Crippen LogP contribution in [0.5, 0.6) is 0 Å². The van der Waals surface area contributed by atoms with Crippen molar-refractivity contribution in [2.24, 2.45) is 28.9 Å². The van der Waals surface area contributed by atoms with Gasteiger partial charge >= 0.3 is 0 Å². The van der Waals surface area contributed by atoms with Gasteiger partial charge in [0.2, 0.25) is 53.2 Å². The lowest BCUT2D eigenvalue weighted by Gasteiger charge is -2.18. The lowest BCUT2D eigenvalue weighted by molar-refractivity contribution is -0.137. The molecule has 1 unspecified atom stereocenters. The number of hydrogen-bond donors (Lipinski definition) is 17. The largest absolute Gasteiger partial charge is 0.396 e. The summed E-state index contributed by atoms with van der Waals surface area (Å²) in [6, 6.07) is 2.02. The Morgan fingerprint density at radius 3 is 0.764 bits per heavy atom. The predicted octanol–water partition coefficient (Wildman–Crippen LogP) is 2.76. The van der Waals surface area contributed by atoms with Gasteiger partial charge in [0, 0.05) is 105 Å². The first-order chi connectivity index (χ1) is 40.3. The van der Waals surface area contributed by atoms with Gasteiger partial charge < -0.3 is 91.4 Å². The third kappa shape index (κ3) is 137. The highest BCUT2D eigenvalue weighted by Crippen LogP contribution is 2.00. The van der Waals surface area contributed by atoms with Gasteiger partial charge in [-0.3, -0.25) is 47.9 Å². The van der Waals surface area contributed by atoms with Gasteiger partial charge in [0.05, 0.1) is 19.2 Å². The number of aliphatic hydroxyl groups excluding tert-OH is 2. The van der Waals surface area contributed by atoms with E-state index in [0.717, 1.165) is 0 Å². The fourth-order valence-corrected chi connectivity index (χ4v) is 4.33. The van der Waals surface area contributed by atoms with Crippen LogP contribution in [0.1, 0.15) is 233 Å². The van der Waals surface area contributed by atoms with Crippen molar-refractivity contribution >= 4 is 59.1 Å². The summed E-state index contributed by atoms with van der Waals surface area (Å²) in [6.45, 7) is 55.7. The molecule has 10 amide bonds. The van der Waals surface area contributed by atoms with Crippen molar-refractivity contribution in [3.05, 3.63) is 0 Å². The number of amides is 10. The summed E-state index contributed by atoms with van der Waals surface area (Å²) in [5.74, 6) is -0.375. The highest BCUT2D eigenvalue weighted by atomic mass is 16.3. The summed E-state index contributed by atoms with van der Waals surface area (Å²) in [4.78, 5) is 106. The van der Waals surface area contributed by atoms with E-state index < -0.39 is 18.2 Å². The van der Waals surface area contributed by atoms with E-state index in [4.69, 9.17) is 38.3 Å². The Bertz CT molecular complexity index is 1600. The molecule has 536 valence electrons. The van der Waals surface area contributed by atoms with Crippen molar-refractivity contribution in [2.45, 2.75) is 311 Å². The highest BCUT2D eigenvalue weighted by Gasteiger charge is 2.23. The van der Waals surface area contributed by atoms with Crippen LogP contribution < -0.4 is 76.1 Å². The van der Waals surface area contributed by atoms with E-state index in [9.17, 15) is 47.9 Å². The van der Waals surface area contributed by atoms with E-state index in [1.165, 1.54) is 20.8 Å². The molecule has 89 heavy (non-hydrogen) atoms. The number of carbonyl (C=O) groups is 10. The fraction of sp³-hybridized carbons (Fsp3) is 0.839. The molecule has 0 heterocycles. The Labute approximate surface area is 540 Å². The lowest BCUT2D eigenvalue weighted by atomic mass is 10.1. The molecule has 0 spiro atoms. The van der Waals surface area contributed by atoms with Gasteiger partial charge in [-0.2, -0.15) is 0 Å². The molecular formula is C62H140N14O13. The van der Waals surface area contributed by atoms with E-state index in [0.29, 0.717) is 31.8 Å². The molecule has 0 aromatic heterocycles. The van der Waals surface area contributed by atoms with Crippen molar-refractivity contribution in [3.8, 4) is 0 Å². The molecule has 0 aliphatic rings. The van der Waals surface area contributed by atoms with Crippen LogP contribution in [-0.2, 0) is 47.9 Å². The maximum absolute atomic E-state index is 10.9. The van der Waals surface area contributed by atoms with Gasteiger partial charge in [0.1, 0.15) is 12.2 Å². The van der Waals surface area contributed by atoms with E-state index >= 15 is 0 Å². The Balaban J connectivity index is -0.0000000839. The molecule has 0 aromatic rings. The molecule has 0 saturated heterocycles. The van der Waals surface area contributed by atoms with E-state index in [-0.39, 0.29) is 145 Å². The minimum Gasteiger partial charge on any atom is -0.396 e. The Hall–Kier alpha value is -5.58. The van der Waals surface area contributed by atoms with Gasteiger partial charge in [0.25, 0.3) is 5.91 Å². The second-order valence-electron chi connectivity index (χ2n) is 24.0. The molecule has 21 N–H and O–H groups in total. The number of aliphatic hydroxyl groups is 3. The first-order valence-electron chi connectivity index (χ1n) is 31.1. The quantitative estimate of drug-likeness (QED) is 0.0785. The van der Waals surface area contributed by atoms with Gasteiger partial charge in [-0.15, -0.1) is 0 Å². The van der Waals surface area contributed by atoms with Crippen molar-refractivity contribution in [2.75, 3.05) is 26.3 Å². The maximum Gasteiger partial charge on any atom is 0.251 e. The first-order valence-corrected chi connectivity index (χ1v) is 31.1. The SMILES string of the molecule is CC(=O)NC(C)C.CC(C)N.CC(C)NC(=O)C(C)(C)O.CC(C)NC(=O)C(C)C.CC(C)NC(=O)C(C)N.CC(C)NC(=O)CCN.CC(C)NC(=O)CCO.CC(C)NC(=O)CN.CC(C)NC(=O)CO.CCC(=O)NC(C)C.CCC(=O)NC(C)C. The van der Waals surface area contributed by atoms with Gasteiger partial charge in [-0.25, -0.2) is 0 Å². The van der Waals surface area contributed by atoms with Crippen LogP contribution in [0.15, 0.2) is 0 Å². The summed E-state index contributed by atoms with van der Waals surface area (Å²) < 4.78 is 0. The number of rotatable bonds is 21. The average Bonchev–Trinajstić information content (AvgIpc) is 3.33. The monoisotopic (exact) mass is 1290 g/mol. The normalized spacial score (nSPS) is 10.3. The van der Waals surface area contributed by atoms with Crippen LogP contribution in [0.4, 0.5) is 0 Å². The second-order valence-corrected chi connectivity index (χ2v) is 24.0. The Kier molecular flexibility index (Phi) is 86.8. The standard InChI is InChI=1S/C7H15NO2.C7H15NO.2C6H14N2O.C6H13NO2.2C6H13NO.C5H12N2O.C5H11NO2.C5H11NO.C3H9N/c1-5(2)8-6(9)7(3,4)10;1-5(2)7(9)8-6(3)4;1-5(2)8-6(9)3-4-7;1-4(2)8-6(9)5(3)7;1-5(2)7-6(9)3-4-8;2*1-4-6(8)7-5(2)3;1-4(2)7-5(8)3-6;1-4(2)6-5(8)3-7;1-4(2)6-5(3)7;1-3(2)4/h5,10H,1-4H3,(H,8,9);5-6H,1-4H3,(H,8,9);5H,3-4,7H2,1-2H3,(H,8,9);4-5H,7H2,1-3H3,(H,8,9);5,8H,3-4H2,1-2H3,(H,7,9);2*5H,4H2,1-3H3,(H,7,8);4H,3,6H2,1-2H3,(H,7,8);4,7H,3H2,1-2H3,(H,6,8);4H,1-3H3,(H,6,7);3H,4H2,1-2H3. The predicted molar refractivity (Wildman–Crippen MR) is 365 cm³/mol. The van der Waals surface area contributed by atoms with Gasteiger partial charge in [-0.05, 0) is 165 Å². The third-order valence-electron chi connectivity index (χ3n) is 7.65. The summed E-state index contributed by atoms with van der Waals surface area (Å²) in [7, 11) is 0.